The molecule has 5 heteroatoms. The number of amides is 2. The molecule has 3 rings (SSSR count). The smallest absolute Gasteiger partial charge is 0.247 e. The van der Waals surface area contributed by atoms with E-state index < -0.39 is 6.04 Å². The summed E-state index contributed by atoms with van der Waals surface area (Å²) in [5, 5.41) is 2.98. The molecule has 0 saturated carbocycles. The van der Waals surface area contributed by atoms with Gasteiger partial charge in [-0.3, -0.25) is 9.59 Å². The van der Waals surface area contributed by atoms with Crippen molar-refractivity contribution >= 4 is 11.8 Å². The fourth-order valence-electron chi connectivity index (χ4n) is 3.76. The first kappa shape index (κ1) is 21.1. The first-order valence-corrected chi connectivity index (χ1v) is 10.4. The number of likely N-dealkylation sites (tertiary alicyclic amines) is 1. The van der Waals surface area contributed by atoms with Crippen molar-refractivity contribution in [3.8, 4) is 0 Å². The van der Waals surface area contributed by atoms with Gasteiger partial charge in [-0.1, -0.05) is 68.4 Å². The third kappa shape index (κ3) is 5.24. The molecule has 2 atom stereocenters. The third-order valence-corrected chi connectivity index (χ3v) is 5.56. The van der Waals surface area contributed by atoms with E-state index in [2.05, 4.69) is 31.3 Å². The zero-order chi connectivity index (χ0) is 20.8. The minimum Gasteiger partial charge on any atom is -0.352 e. The molecule has 2 unspecified atom stereocenters. The Labute approximate surface area is 173 Å². The molecular formula is C24H31N3O2. The molecule has 3 N–H and O–H groups in total. The van der Waals surface area contributed by atoms with Crippen LogP contribution in [0.4, 0.5) is 0 Å². The fourth-order valence-corrected chi connectivity index (χ4v) is 3.76. The van der Waals surface area contributed by atoms with Crippen LogP contribution >= 0.6 is 0 Å². The van der Waals surface area contributed by atoms with Crippen LogP contribution in [-0.2, 0) is 9.59 Å². The highest BCUT2D eigenvalue weighted by Crippen LogP contribution is 2.26. The van der Waals surface area contributed by atoms with Crippen LogP contribution in [0.1, 0.15) is 67.8 Å². The van der Waals surface area contributed by atoms with Crippen molar-refractivity contribution in [3.63, 3.8) is 0 Å². The van der Waals surface area contributed by atoms with Crippen molar-refractivity contribution in [2.24, 2.45) is 5.73 Å². The van der Waals surface area contributed by atoms with Crippen LogP contribution in [0.3, 0.4) is 0 Å². The number of hydrogen-bond donors (Lipinski definition) is 2. The van der Waals surface area contributed by atoms with Gasteiger partial charge in [0.25, 0.3) is 0 Å². The largest absolute Gasteiger partial charge is 0.352 e. The van der Waals surface area contributed by atoms with E-state index in [0.717, 1.165) is 24.0 Å². The lowest BCUT2D eigenvalue weighted by Gasteiger charge is -2.34. The number of carbonyl (C=O) groups is 2. The summed E-state index contributed by atoms with van der Waals surface area (Å²) in [5.41, 5.74) is 9.40. The molecule has 1 heterocycles. The first-order valence-electron chi connectivity index (χ1n) is 10.4. The Hall–Kier alpha value is -2.66. The number of hydrogen-bond acceptors (Lipinski definition) is 3. The maximum atomic E-state index is 13.1. The molecule has 2 aromatic carbocycles. The van der Waals surface area contributed by atoms with Crippen molar-refractivity contribution in [3.05, 3.63) is 71.3 Å². The van der Waals surface area contributed by atoms with Gasteiger partial charge in [0, 0.05) is 25.6 Å². The molecule has 29 heavy (non-hydrogen) atoms. The minimum atomic E-state index is -0.612. The van der Waals surface area contributed by atoms with E-state index in [1.165, 1.54) is 5.56 Å². The maximum Gasteiger partial charge on any atom is 0.247 e. The Kier molecular flexibility index (Phi) is 7.04. The Morgan fingerprint density at radius 3 is 2.28 bits per heavy atom. The lowest BCUT2D eigenvalue weighted by molar-refractivity contribution is -0.142. The van der Waals surface area contributed by atoms with Crippen LogP contribution in [-0.4, -0.2) is 29.8 Å². The first-order chi connectivity index (χ1) is 14.0. The van der Waals surface area contributed by atoms with Crippen molar-refractivity contribution in [2.75, 3.05) is 13.1 Å². The van der Waals surface area contributed by atoms with Gasteiger partial charge in [0.2, 0.25) is 11.8 Å². The standard InChI is InChI=1S/C24H31N3O2/c1-17(2)18-11-13-19(14-12-18)21(25)16-26-24(29)23(20-8-4-3-5-9-20)27-15-7-6-10-22(27)28/h3-5,8-9,11-14,17,21,23H,6-7,10,15-16,25H2,1-2H3,(H,26,29). The summed E-state index contributed by atoms with van der Waals surface area (Å²) >= 11 is 0. The van der Waals surface area contributed by atoms with Crippen LogP contribution < -0.4 is 11.1 Å². The number of nitrogens with two attached hydrogens (primary N) is 1. The van der Waals surface area contributed by atoms with E-state index in [1.807, 2.05) is 42.5 Å². The predicted octanol–water partition coefficient (Wildman–Crippen LogP) is 3.68. The second-order valence-electron chi connectivity index (χ2n) is 8.03. The SMILES string of the molecule is CC(C)c1ccc(C(N)CNC(=O)C(c2ccccc2)N2CCCCC2=O)cc1. The lowest BCUT2D eigenvalue weighted by atomic mass is 9.98. The topological polar surface area (TPSA) is 75.4 Å². The second kappa shape index (κ2) is 9.70. The minimum absolute atomic E-state index is 0.0359. The molecule has 5 nitrogen and oxygen atoms in total. The molecule has 2 aromatic rings. The van der Waals surface area contributed by atoms with Gasteiger partial charge in [-0.25, -0.2) is 0 Å². The third-order valence-electron chi connectivity index (χ3n) is 5.56. The van der Waals surface area contributed by atoms with Gasteiger partial charge < -0.3 is 16.0 Å². The van der Waals surface area contributed by atoms with E-state index in [1.54, 1.807) is 4.90 Å². The molecule has 1 saturated heterocycles. The van der Waals surface area contributed by atoms with E-state index >= 15 is 0 Å². The van der Waals surface area contributed by atoms with Crippen molar-refractivity contribution in [2.45, 2.75) is 51.1 Å². The normalized spacial score (nSPS) is 16.6. The summed E-state index contributed by atoms with van der Waals surface area (Å²) in [4.78, 5) is 27.3. The molecule has 2 amide bonds. The molecule has 1 aliphatic heterocycles. The zero-order valence-electron chi connectivity index (χ0n) is 17.3. The van der Waals surface area contributed by atoms with Gasteiger partial charge in [-0.15, -0.1) is 0 Å². The number of nitrogens with zero attached hydrogens (tertiary/aromatic N) is 1. The predicted molar refractivity (Wildman–Crippen MR) is 115 cm³/mol. The molecule has 0 bridgehead atoms. The van der Waals surface area contributed by atoms with E-state index in [4.69, 9.17) is 5.73 Å². The number of piperidine rings is 1. The summed E-state index contributed by atoms with van der Waals surface area (Å²) in [6.45, 7) is 5.24. The molecular weight excluding hydrogens is 362 g/mol. The van der Waals surface area contributed by atoms with Crippen LogP contribution in [0.5, 0.6) is 0 Å². The Balaban J connectivity index is 1.70. The molecule has 0 aromatic heterocycles. The van der Waals surface area contributed by atoms with E-state index in [0.29, 0.717) is 25.4 Å². The molecule has 0 spiro atoms. The van der Waals surface area contributed by atoms with Crippen LogP contribution in [0, 0.1) is 0 Å². The summed E-state index contributed by atoms with van der Waals surface area (Å²) in [6.07, 6.45) is 2.30. The molecule has 1 fully saturated rings. The Morgan fingerprint density at radius 2 is 1.66 bits per heavy atom. The Morgan fingerprint density at radius 1 is 1.00 bits per heavy atom. The van der Waals surface area contributed by atoms with Crippen molar-refractivity contribution < 1.29 is 9.59 Å². The van der Waals surface area contributed by atoms with E-state index in [9.17, 15) is 9.59 Å². The van der Waals surface area contributed by atoms with Gasteiger partial charge in [-0.2, -0.15) is 0 Å². The second-order valence-corrected chi connectivity index (χ2v) is 8.03. The summed E-state index contributed by atoms with van der Waals surface area (Å²) < 4.78 is 0. The number of benzene rings is 2. The van der Waals surface area contributed by atoms with Crippen LogP contribution in [0.2, 0.25) is 0 Å². The van der Waals surface area contributed by atoms with Crippen molar-refractivity contribution in [1.82, 2.24) is 10.2 Å². The number of carbonyl (C=O) groups excluding carboxylic acids is 2. The zero-order valence-corrected chi connectivity index (χ0v) is 17.3. The molecule has 0 radical (unpaired) electrons. The molecule has 1 aliphatic rings. The van der Waals surface area contributed by atoms with Crippen LogP contribution in [0.15, 0.2) is 54.6 Å². The highest BCUT2D eigenvalue weighted by molar-refractivity contribution is 5.89. The highest BCUT2D eigenvalue weighted by Gasteiger charge is 2.32. The van der Waals surface area contributed by atoms with E-state index in [-0.39, 0.29) is 17.9 Å². The molecule has 0 aliphatic carbocycles. The number of rotatable bonds is 7. The van der Waals surface area contributed by atoms with Gasteiger partial charge in [0.1, 0.15) is 6.04 Å². The fraction of sp³-hybridized carbons (Fsp3) is 0.417. The van der Waals surface area contributed by atoms with Gasteiger partial charge in [0.05, 0.1) is 0 Å². The average Bonchev–Trinajstić information content (AvgIpc) is 2.74. The summed E-state index contributed by atoms with van der Waals surface area (Å²) in [7, 11) is 0. The van der Waals surface area contributed by atoms with Gasteiger partial charge in [0.15, 0.2) is 0 Å². The number of nitrogens with one attached hydrogen (secondary N) is 1. The van der Waals surface area contributed by atoms with Crippen LogP contribution in [0.25, 0.3) is 0 Å². The highest BCUT2D eigenvalue weighted by atomic mass is 16.2. The monoisotopic (exact) mass is 393 g/mol. The lowest BCUT2D eigenvalue weighted by Crippen LogP contribution is -2.46. The average molecular weight is 394 g/mol. The maximum absolute atomic E-state index is 13.1. The van der Waals surface area contributed by atoms with Gasteiger partial charge >= 0.3 is 0 Å². The molecule has 154 valence electrons. The summed E-state index contributed by atoms with van der Waals surface area (Å²) in [5.74, 6) is 0.322. The summed E-state index contributed by atoms with van der Waals surface area (Å²) in [6, 6.07) is 16.8. The van der Waals surface area contributed by atoms with Gasteiger partial charge in [-0.05, 0) is 35.4 Å². The Bertz CT molecular complexity index is 818. The quantitative estimate of drug-likeness (QED) is 0.753. The van der Waals surface area contributed by atoms with Crippen molar-refractivity contribution in [1.29, 1.82) is 0 Å².